The summed E-state index contributed by atoms with van der Waals surface area (Å²) in [4.78, 5) is 14.9. The molecule has 17 heavy (non-hydrogen) atoms. The van der Waals surface area contributed by atoms with Crippen LogP contribution in [0.25, 0.3) is 0 Å². The van der Waals surface area contributed by atoms with Crippen LogP contribution < -0.4 is 11.1 Å². The number of carbonyl (C=O) groups excluding carboxylic acids is 1. The number of nitrogens with zero attached hydrogens (tertiary/aromatic N) is 1. The molecule has 0 bridgehead atoms. The van der Waals surface area contributed by atoms with E-state index in [1.54, 1.807) is 11.3 Å². The molecule has 2 amide bonds. The average molecular weight is 318 g/mol. The summed E-state index contributed by atoms with van der Waals surface area (Å²) in [7, 11) is 0. The Balaban J connectivity index is 2.15. The van der Waals surface area contributed by atoms with Crippen LogP contribution in [-0.2, 0) is 0 Å². The standard InChI is InChI=1S/C11H16BrN3OS/c1-11(2,6-13)15-4-8(14-10(15)16)9-3-7(12)5-17-9/h3,5,8H,4,6,13H2,1-2H3,(H,14,16). The fourth-order valence-corrected chi connectivity index (χ4v) is 3.33. The van der Waals surface area contributed by atoms with Crippen molar-refractivity contribution in [3.63, 3.8) is 0 Å². The minimum atomic E-state index is -0.298. The maximum absolute atomic E-state index is 11.9. The van der Waals surface area contributed by atoms with Gasteiger partial charge in [-0.15, -0.1) is 11.3 Å². The number of carbonyl (C=O) groups is 1. The highest BCUT2D eigenvalue weighted by Gasteiger charge is 2.38. The van der Waals surface area contributed by atoms with E-state index in [2.05, 4.69) is 27.3 Å². The molecule has 2 rings (SSSR count). The van der Waals surface area contributed by atoms with Gasteiger partial charge in [-0.1, -0.05) is 0 Å². The Hall–Kier alpha value is -0.590. The number of amides is 2. The molecule has 0 radical (unpaired) electrons. The zero-order valence-electron chi connectivity index (χ0n) is 9.87. The lowest BCUT2D eigenvalue weighted by Gasteiger charge is -2.33. The van der Waals surface area contributed by atoms with Crippen molar-refractivity contribution in [2.24, 2.45) is 5.73 Å². The van der Waals surface area contributed by atoms with Crippen molar-refractivity contribution in [2.45, 2.75) is 25.4 Å². The van der Waals surface area contributed by atoms with E-state index < -0.39 is 0 Å². The molecule has 1 unspecified atom stereocenters. The normalized spacial score (nSPS) is 20.8. The van der Waals surface area contributed by atoms with Crippen molar-refractivity contribution in [2.75, 3.05) is 13.1 Å². The number of rotatable bonds is 3. The summed E-state index contributed by atoms with van der Waals surface area (Å²) in [5.41, 5.74) is 5.41. The number of urea groups is 1. The molecule has 1 atom stereocenters. The van der Waals surface area contributed by atoms with Crippen LogP contribution in [-0.4, -0.2) is 29.6 Å². The molecule has 3 N–H and O–H groups in total. The first kappa shape index (κ1) is 12.9. The minimum Gasteiger partial charge on any atom is -0.329 e. The molecule has 1 aromatic rings. The Kier molecular flexibility index (Phi) is 3.47. The van der Waals surface area contributed by atoms with Crippen LogP contribution in [0.5, 0.6) is 0 Å². The maximum Gasteiger partial charge on any atom is 0.318 e. The molecule has 1 saturated heterocycles. The lowest BCUT2D eigenvalue weighted by Crippen LogP contribution is -2.50. The summed E-state index contributed by atoms with van der Waals surface area (Å²) in [5.74, 6) is 0. The Morgan fingerprint density at radius 3 is 2.94 bits per heavy atom. The van der Waals surface area contributed by atoms with Gasteiger partial charge in [0, 0.05) is 27.8 Å². The SMILES string of the molecule is CC(C)(CN)N1CC(c2cc(Br)cs2)NC1=O. The fraction of sp³-hybridized carbons (Fsp3) is 0.545. The van der Waals surface area contributed by atoms with Gasteiger partial charge < -0.3 is 16.0 Å². The summed E-state index contributed by atoms with van der Waals surface area (Å²) in [5, 5.41) is 5.02. The summed E-state index contributed by atoms with van der Waals surface area (Å²) >= 11 is 5.08. The molecule has 1 aliphatic heterocycles. The first-order valence-corrected chi connectivity index (χ1v) is 7.13. The Bertz CT molecular complexity index is 432. The van der Waals surface area contributed by atoms with E-state index in [1.165, 1.54) is 4.88 Å². The highest BCUT2D eigenvalue weighted by molar-refractivity contribution is 9.10. The van der Waals surface area contributed by atoms with Crippen LogP contribution in [0.4, 0.5) is 4.79 Å². The van der Waals surface area contributed by atoms with Crippen LogP contribution in [0.3, 0.4) is 0 Å². The molecule has 1 fully saturated rings. The van der Waals surface area contributed by atoms with E-state index in [1.807, 2.05) is 24.1 Å². The van der Waals surface area contributed by atoms with E-state index in [4.69, 9.17) is 5.73 Å². The van der Waals surface area contributed by atoms with Gasteiger partial charge in [0.25, 0.3) is 0 Å². The number of hydrogen-bond acceptors (Lipinski definition) is 3. The second-order valence-electron chi connectivity index (χ2n) is 4.80. The van der Waals surface area contributed by atoms with Crippen molar-refractivity contribution in [1.82, 2.24) is 10.2 Å². The third kappa shape index (κ3) is 2.48. The number of halogens is 1. The average Bonchev–Trinajstić information content (AvgIpc) is 2.85. The van der Waals surface area contributed by atoms with Gasteiger partial charge in [0.1, 0.15) is 0 Å². The van der Waals surface area contributed by atoms with E-state index in [0.717, 1.165) is 4.47 Å². The summed E-state index contributed by atoms with van der Waals surface area (Å²) in [6.07, 6.45) is 0. The predicted molar refractivity (Wildman–Crippen MR) is 73.1 cm³/mol. The molecule has 2 heterocycles. The smallest absolute Gasteiger partial charge is 0.318 e. The van der Waals surface area contributed by atoms with Crippen LogP contribution in [0.1, 0.15) is 24.8 Å². The molecule has 94 valence electrons. The third-order valence-corrected chi connectivity index (χ3v) is 4.88. The zero-order chi connectivity index (χ0) is 12.6. The Labute approximate surface area is 113 Å². The molecule has 0 saturated carbocycles. The molecule has 0 spiro atoms. The molecule has 4 nitrogen and oxygen atoms in total. The van der Waals surface area contributed by atoms with Gasteiger partial charge in [-0.25, -0.2) is 4.79 Å². The van der Waals surface area contributed by atoms with Crippen LogP contribution in [0, 0.1) is 0 Å². The van der Waals surface area contributed by atoms with Gasteiger partial charge in [0.2, 0.25) is 0 Å². The van der Waals surface area contributed by atoms with Gasteiger partial charge in [-0.2, -0.15) is 0 Å². The quantitative estimate of drug-likeness (QED) is 0.898. The van der Waals surface area contributed by atoms with Crippen molar-refractivity contribution in [1.29, 1.82) is 0 Å². The highest BCUT2D eigenvalue weighted by atomic mass is 79.9. The molecule has 0 aliphatic carbocycles. The summed E-state index contributed by atoms with van der Waals surface area (Å²) < 4.78 is 1.06. The second kappa shape index (κ2) is 4.59. The summed E-state index contributed by atoms with van der Waals surface area (Å²) in [6.45, 7) is 5.11. The monoisotopic (exact) mass is 317 g/mol. The van der Waals surface area contributed by atoms with Crippen molar-refractivity contribution in [3.8, 4) is 0 Å². The molecular weight excluding hydrogens is 302 g/mol. The molecule has 1 aromatic heterocycles. The second-order valence-corrected chi connectivity index (χ2v) is 6.66. The van der Waals surface area contributed by atoms with E-state index >= 15 is 0 Å². The number of thiophene rings is 1. The first-order chi connectivity index (χ1) is 7.94. The van der Waals surface area contributed by atoms with E-state index in [0.29, 0.717) is 13.1 Å². The van der Waals surface area contributed by atoms with Crippen molar-refractivity contribution < 1.29 is 4.79 Å². The zero-order valence-corrected chi connectivity index (χ0v) is 12.3. The number of hydrogen-bond donors (Lipinski definition) is 2. The van der Waals surface area contributed by atoms with Gasteiger partial charge in [0.15, 0.2) is 0 Å². The highest BCUT2D eigenvalue weighted by Crippen LogP contribution is 2.31. The Morgan fingerprint density at radius 1 is 1.71 bits per heavy atom. The summed E-state index contributed by atoms with van der Waals surface area (Å²) in [6, 6.07) is 2.09. The topological polar surface area (TPSA) is 58.4 Å². The van der Waals surface area contributed by atoms with E-state index in [-0.39, 0.29) is 17.6 Å². The number of nitrogens with one attached hydrogen (secondary N) is 1. The fourth-order valence-electron chi connectivity index (χ4n) is 1.84. The molecule has 0 aromatic carbocycles. The van der Waals surface area contributed by atoms with Gasteiger partial charge in [0.05, 0.1) is 11.6 Å². The predicted octanol–water partition coefficient (Wildman–Crippen LogP) is 2.31. The first-order valence-electron chi connectivity index (χ1n) is 5.46. The molecule has 6 heteroatoms. The van der Waals surface area contributed by atoms with Crippen LogP contribution >= 0.6 is 27.3 Å². The lowest BCUT2D eigenvalue weighted by molar-refractivity contribution is 0.163. The van der Waals surface area contributed by atoms with Gasteiger partial charge in [-0.05, 0) is 35.8 Å². The molecular formula is C11H16BrN3OS. The van der Waals surface area contributed by atoms with Crippen LogP contribution in [0.2, 0.25) is 0 Å². The number of nitrogens with two attached hydrogens (primary N) is 1. The van der Waals surface area contributed by atoms with Crippen molar-refractivity contribution in [3.05, 3.63) is 20.8 Å². The van der Waals surface area contributed by atoms with Crippen LogP contribution in [0.15, 0.2) is 15.9 Å². The molecule has 1 aliphatic rings. The van der Waals surface area contributed by atoms with Gasteiger partial charge >= 0.3 is 6.03 Å². The van der Waals surface area contributed by atoms with Gasteiger partial charge in [-0.3, -0.25) is 0 Å². The largest absolute Gasteiger partial charge is 0.329 e. The van der Waals surface area contributed by atoms with E-state index in [9.17, 15) is 4.79 Å². The van der Waals surface area contributed by atoms with Crippen molar-refractivity contribution >= 4 is 33.3 Å². The minimum absolute atomic E-state index is 0.0324. The Morgan fingerprint density at radius 2 is 2.41 bits per heavy atom. The lowest BCUT2D eigenvalue weighted by atomic mass is 10.0. The maximum atomic E-state index is 11.9. The third-order valence-electron chi connectivity index (χ3n) is 3.07.